The van der Waals surface area contributed by atoms with E-state index >= 15 is 0 Å². The van der Waals surface area contributed by atoms with E-state index in [1.54, 1.807) is 43.7 Å². The number of carbonyl (C=O) groups excluding carboxylic acids is 2. The first-order valence-electron chi connectivity index (χ1n) is 9.93. The normalized spacial score (nSPS) is 12.0. The van der Waals surface area contributed by atoms with Gasteiger partial charge >= 0.3 is 5.97 Å². The first-order valence-corrected chi connectivity index (χ1v) is 9.93. The van der Waals surface area contributed by atoms with Crippen molar-refractivity contribution in [1.29, 1.82) is 0 Å². The molecule has 3 aromatic rings. The third-order valence-corrected chi connectivity index (χ3v) is 4.74. The van der Waals surface area contributed by atoms with Crippen LogP contribution in [0.4, 0.5) is 4.39 Å². The Hall–Kier alpha value is -3.74. The number of aryl methyl sites for hydroxylation is 1. The van der Waals surface area contributed by atoms with E-state index in [0.717, 1.165) is 5.56 Å². The van der Waals surface area contributed by atoms with Crippen molar-refractivity contribution in [3.05, 3.63) is 89.0 Å². The van der Waals surface area contributed by atoms with Gasteiger partial charge in [-0.15, -0.1) is 0 Å². The minimum atomic E-state index is -1.03. The average Bonchev–Trinajstić information content (AvgIpc) is 3.06. The molecule has 31 heavy (non-hydrogen) atoms. The van der Waals surface area contributed by atoms with Crippen LogP contribution in [-0.4, -0.2) is 28.3 Å². The fourth-order valence-electron chi connectivity index (χ4n) is 3.31. The maximum atomic E-state index is 13.3. The van der Waals surface area contributed by atoms with Crippen molar-refractivity contribution in [1.82, 2.24) is 15.1 Å². The molecule has 1 unspecified atom stereocenters. The number of aromatic nitrogens is 2. The van der Waals surface area contributed by atoms with Crippen molar-refractivity contribution in [3.8, 4) is 5.69 Å². The van der Waals surface area contributed by atoms with E-state index in [1.165, 1.54) is 18.2 Å². The second-order valence-corrected chi connectivity index (χ2v) is 6.91. The predicted molar refractivity (Wildman–Crippen MR) is 116 cm³/mol. The zero-order valence-corrected chi connectivity index (χ0v) is 17.6. The highest BCUT2D eigenvalue weighted by molar-refractivity contribution is 5.95. The lowest BCUT2D eigenvalue weighted by Gasteiger charge is -2.17. The molecular formula is C24H24FN3O3. The van der Waals surface area contributed by atoms with Crippen LogP contribution >= 0.6 is 0 Å². The number of amides is 1. The highest BCUT2D eigenvalue weighted by atomic mass is 19.1. The Kier molecular flexibility index (Phi) is 6.97. The standard InChI is InChI=1S/C24H24FN3O3/c1-4-31-24(30)23(26-21(29)15-10-18-8-6-5-7-9-18)22-16(2)27-28(17(22)3)20-13-11-19(25)12-14-20/h5-15,23H,4H2,1-3H3,(H,26,29). The molecule has 3 rings (SSSR count). The molecule has 0 aliphatic carbocycles. The van der Waals surface area contributed by atoms with Crippen LogP contribution in [0.15, 0.2) is 60.7 Å². The maximum Gasteiger partial charge on any atom is 0.333 e. The third-order valence-electron chi connectivity index (χ3n) is 4.74. The fourth-order valence-corrected chi connectivity index (χ4v) is 3.31. The van der Waals surface area contributed by atoms with E-state index < -0.39 is 17.9 Å². The molecule has 6 nitrogen and oxygen atoms in total. The van der Waals surface area contributed by atoms with Crippen LogP contribution in [0, 0.1) is 19.7 Å². The quantitative estimate of drug-likeness (QED) is 0.461. The van der Waals surface area contributed by atoms with Crippen molar-refractivity contribution in [2.45, 2.75) is 26.8 Å². The summed E-state index contributed by atoms with van der Waals surface area (Å²) in [4.78, 5) is 25.3. The minimum absolute atomic E-state index is 0.176. The molecule has 1 atom stereocenters. The summed E-state index contributed by atoms with van der Waals surface area (Å²) in [6, 6.07) is 14.2. The molecule has 0 fully saturated rings. The van der Waals surface area contributed by atoms with Gasteiger partial charge in [0.05, 0.1) is 18.0 Å². The molecule has 0 saturated heterocycles. The van der Waals surface area contributed by atoms with Gasteiger partial charge in [-0.3, -0.25) is 4.79 Å². The van der Waals surface area contributed by atoms with E-state index in [1.807, 2.05) is 30.3 Å². The van der Waals surface area contributed by atoms with E-state index in [-0.39, 0.29) is 12.4 Å². The highest BCUT2D eigenvalue weighted by Gasteiger charge is 2.30. The monoisotopic (exact) mass is 421 g/mol. The van der Waals surface area contributed by atoms with Crippen molar-refractivity contribution < 1.29 is 18.7 Å². The van der Waals surface area contributed by atoms with E-state index in [2.05, 4.69) is 10.4 Å². The van der Waals surface area contributed by atoms with Crippen LogP contribution in [0.2, 0.25) is 0 Å². The van der Waals surface area contributed by atoms with Crippen molar-refractivity contribution >= 4 is 18.0 Å². The second kappa shape index (κ2) is 9.84. The SMILES string of the molecule is CCOC(=O)C(NC(=O)C=Cc1ccccc1)c1c(C)nn(-c2ccc(F)cc2)c1C. The number of hydrogen-bond acceptors (Lipinski definition) is 4. The number of benzene rings is 2. The summed E-state index contributed by atoms with van der Waals surface area (Å²) in [7, 11) is 0. The number of ether oxygens (including phenoxy) is 1. The molecule has 1 heterocycles. The fraction of sp³-hybridized carbons (Fsp3) is 0.208. The molecule has 160 valence electrons. The number of nitrogens with one attached hydrogen (secondary N) is 1. The van der Waals surface area contributed by atoms with E-state index in [4.69, 9.17) is 4.74 Å². The Morgan fingerprint density at radius 3 is 2.45 bits per heavy atom. The van der Waals surface area contributed by atoms with Crippen molar-refractivity contribution in [2.24, 2.45) is 0 Å². The lowest BCUT2D eigenvalue weighted by molar-refractivity contribution is -0.147. The zero-order valence-electron chi connectivity index (χ0n) is 17.6. The predicted octanol–water partition coefficient (Wildman–Crippen LogP) is 4.06. The van der Waals surface area contributed by atoms with Crippen LogP contribution in [-0.2, 0) is 14.3 Å². The number of rotatable bonds is 7. The molecule has 0 saturated carbocycles. The Balaban J connectivity index is 1.92. The highest BCUT2D eigenvalue weighted by Crippen LogP contribution is 2.25. The summed E-state index contributed by atoms with van der Waals surface area (Å²) >= 11 is 0. The first kappa shape index (κ1) is 22.0. The number of carbonyl (C=O) groups is 2. The molecule has 0 bridgehead atoms. The van der Waals surface area contributed by atoms with Gasteiger partial charge in [-0.1, -0.05) is 30.3 Å². The van der Waals surface area contributed by atoms with Gasteiger partial charge in [-0.25, -0.2) is 13.9 Å². The Morgan fingerprint density at radius 2 is 1.81 bits per heavy atom. The van der Waals surface area contributed by atoms with Crippen LogP contribution in [0.5, 0.6) is 0 Å². The van der Waals surface area contributed by atoms with E-state index in [0.29, 0.717) is 22.6 Å². The molecular weight excluding hydrogens is 397 g/mol. The molecule has 1 N–H and O–H groups in total. The third kappa shape index (κ3) is 5.25. The number of nitrogens with zero attached hydrogens (tertiary/aromatic N) is 2. The number of esters is 1. The molecule has 0 spiro atoms. The van der Waals surface area contributed by atoms with Crippen LogP contribution in [0.3, 0.4) is 0 Å². The topological polar surface area (TPSA) is 73.2 Å². The van der Waals surface area contributed by atoms with Gasteiger partial charge in [-0.05, 0) is 56.7 Å². The zero-order chi connectivity index (χ0) is 22.4. The van der Waals surface area contributed by atoms with Gasteiger partial charge in [-0.2, -0.15) is 5.10 Å². The minimum Gasteiger partial charge on any atom is -0.464 e. The van der Waals surface area contributed by atoms with Crippen LogP contribution in [0.1, 0.15) is 35.5 Å². The molecule has 0 aliphatic heterocycles. The van der Waals surface area contributed by atoms with Crippen LogP contribution < -0.4 is 5.32 Å². The molecule has 2 aromatic carbocycles. The summed E-state index contributed by atoms with van der Waals surface area (Å²) in [5, 5.41) is 7.22. The van der Waals surface area contributed by atoms with Gasteiger partial charge < -0.3 is 10.1 Å². The van der Waals surface area contributed by atoms with Crippen molar-refractivity contribution in [3.63, 3.8) is 0 Å². The Morgan fingerprint density at radius 1 is 1.13 bits per heavy atom. The summed E-state index contributed by atoms with van der Waals surface area (Å²) < 4.78 is 20.1. The number of halogens is 1. The molecule has 0 aliphatic rings. The second-order valence-electron chi connectivity index (χ2n) is 6.91. The summed E-state index contributed by atoms with van der Waals surface area (Å²) in [5.74, 6) is -1.36. The molecule has 7 heteroatoms. The van der Waals surface area contributed by atoms with Gasteiger partial charge in [0, 0.05) is 17.3 Å². The first-order chi connectivity index (χ1) is 14.9. The Bertz CT molecular complexity index is 1090. The van der Waals surface area contributed by atoms with E-state index in [9.17, 15) is 14.0 Å². The molecule has 0 radical (unpaired) electrons. The largest absolute Gasteiger partial charge is 0.464 e. The lowest BCUT2D eigenvalue weighted by atomic mass is 10.0. The maximum absolute atomic E-state index is 13.3. The van der Waals surface area contributed by atoms with Gasteiger partial charge in [0.25, 0.3) is 0 Å². The molecule has 1 amide bonds. The number of hydrogen-bond donors (Lipinski definition) is 1. The van der Waals surface area contributed by atoms with Crippen molar-refractivity contribution in [2.75, 3.05) is 6.61 Å². The molecule has 1 aromatic heterocycles. The van der Waals surface area contributed by atoms with Crippen LogP contribution in [0.25, 0.3) is 11.8 Å². The smallest absolute Gasteiger partial charge is 0.333 e. The summed E-state index contributed by atoms with van der Waals surface area (Å²) in [6.45, 7) is 5.42. The Labute approximate surface area is 180 Å². The average molecular weight is 421 g/mol. The van der Waals surface area contributed by atoms with Gasteiger partial charge in [0.2, 0.25) is 5.91 Å². The summed E-state index contributed by atoms with van der Waals surface area (Å²) in [6.07, 6.45) is 3.04. The van der Waals surface area contributed by atoms with Gasteiger partial charge in [0.15, 0.2) is 6.04 Å². The lowest BCUT2D eigenvalue weighted by Crippen LogP contribution is -2.34. The van der Waals surface area contributed by atoms with Gasteiger partial charge in [0.1, 0.15) is 5.82 Å². The summed E-state index contributed by atoms with van der Waals surface area (Å²) in [5.41, 5.74) is 3.26.